The van der Waals surface area contributed by atoms with E-state index in [0.717, 1.165) is 13.8 Å². The number of hydrogen-bond acceptors (Lipinski definition) is 2. The Morgan fingerprint density at radius 3 is 1.11 bits per heavy atom. The average Bonchev–Trinajstić information content (AvgIpc) is 1.25. The molecule has 0 saturated heterocycles. The van der Waals surface area contributed by atoms with Crippen LogP contribution in [-0.4, -0.2) is 59.9 Å². The topological polar surface area (TPSA) is 74.6 Å². The van der Waals surface area contributed by atoms with Gasteiger partial charge in [0.05, 0.1) is 0 Å². The molecule has 0 unspecified atom stereocenters. The molecule has 0 aromatic heterocycles. The van der Waals surface area contributed by atoms with Gasteiger partial charge < -0.3 is 13.1 Å². The van der Waals surface area contributed by atoms with Gasteiger partial charge in [0, 0.05) is 13.8 Å². The van der Waals surface area contributed by atoms with Crippen molar-refractivity contribution in [2.75, 3.05) is 0 Å². The molecule has 0 aliphatic carbocycles. The van der Waals surface area contributed by atoms with Crippen LogP contribution in [0.15, 0.2) is 0 Å². The summed E-state index contributed by atoms with van der Waals surface area (Å²) in [6.45, 7) is 2.17. The maximum atomic E-state index is 9.00. The van der Waals surface area contributed by atoms with E-state index in [-0.39, 0.29) is 40.6 Å². The minimum absolute atomic E-state index is 0. The summed E-state index contributed by atoms with van der Waals surface area (Å²) in [5.74, 6) is -1.67. The van der Waals surface area contributed by atoms with Crippen molar-refractivity contribution < 1.29 is 22.7 Å². The molecule has 0 radical (unpaired) electrons. The van der Waals surface area contributed by atoms with E-state index < -0.39 is 11.9 Å². The van der Waals surface area contributed by atoms with E-state index in [1.807, 2.05) is 0 Å². The van der Waals surface area contributed by atoms with Gasteiger partial charge in [-0.15, -0.1) is 0 Å². The molecule has 52 valence electrons. The van der Waals surface area contributed by atoms with Gasteiger partial charge in [-0.05, 0) is 0 Å². The third-order valence-electron chi connectivity index (χ3n) is 0. The van der Waals surface area contributed by atoms with Crippen LogP contribution >= 0.6 is 0 Å². The summed E-state index contributed by atoms with van der Waals surface area (Å²) in [5, 5.41) is 14.8. The molecule has 0 bridgehead atoms. The first-order valence-corrected chi connectivity index (χ1v) is 1.86. The van der Waals surface area contributed by atoms with Gasteiger partial charge in [0.15, 0.2) is 0 Å². The number of rotatable bonds is 0. The Morgan fingerprint density at radius 1 is 1.11 bits per heavy atom. The molecular formula is C4H10CaO4. The monoisotopic (exact) mass is 162 g/mol. The van der Waals surface area contributed by atoms with Crippen LogP contribution in [0.4, 0.5) is 0 Å². The molecule has 2 N–H and O–H groups in total. The normalized spacial score (nSPS) is 5.56. The number of carboxylic acids is 2. The fraction of sp³-hybridized carbons (Fsp3) is 0.500. The van der Waals surface area contributed by atoms with Crippen molar-refractivity contribution in [3.63, 3.8) is 0 Å². The van der Waals surface area contributed by atoms with E-state index in [9.17, 15) is 0 Å². The SMILES string of the molecule is CC(=O)O.CC(=O)O.[Ca+2].[H-].[H-]. The van der Waals surface area contributed by atoms with Crippen molar-refractivity contribution in [2.45, 2.75) is 13.8 Å². The Morgan fingerprint density at radius 2 is 1.11 bits per heavy atom. The molecule has 0 aromatic carbocycles. The van der Waals surface area contributed by atoms with Crippen LogP contribution in [0.3, 0.4) is 0 Å². The molecule has 9 heavy (non-hydrogen) atoms. The minimum atomic E-state index is -0.833. The van der Waals surface area contributed by atoms with Gasteiger partial charge in [-0.1, -0.05) is 0 Å². The Labute approximate surface area is 85.8 Å². The van der Waals surface area contributed by atoms with Gasteiger partial charge in [0.25, 0.3) is 11.9 Å². The quantitative estimate of drug-likeness (QED) is 0.493. The molecule has 0 heterocycles. The minimum Gasteiger partial charge on any atom is -1.00 e. The second kappa shape index (κ2) is 11.1. The van der Waals surface area contributed by atoms with Crippen LogP contribution in [0.2, 0.25) is 0 Å². The first kappa shape index (κ1) is 16.1. The Balaban J connectivity index is -0.0000000171. The predicted octanol–water partition coefficient (Wildman–Crippen LogP) is 0.0260. The van der Waals surface area contributed by atoms with Crippen LogP contribution in [0.5, 0.6) is 0 Å². The van der Waals surface area contributed by atoms with E-state index in [1.54, 1.807) is 0 Å². The Kier molecular flexibility index (Phi) is 19.8. The molecule has 5 heteroatoms. The second-order valence-corrected chi connectivity index (χ2v) is 1.04. The second-order valence-electron chi connectivity index (χ2n) is 1.04. The fourth-order valence-electron chi connectivity index (χ4n) is 0. The summed E-state index contributed by atoms with van der Waals surface area (Å²) in [6, 6.07) is 0. The third kappa shape index (κ3) is 7900. The van der Waals surface area contributed by atoms with Crippen LogP contribution in [0.25, 0.3) is 0 Å². The number of aliphatic carboxylic acids is 2. The molecule has 0 aliphatic rings. The molecule has 0 aromatic rings. The number of carboxylic acid groups (broad SMARTS) is 2. The molecule has 0 spiro atoms. The fourth-order valence-corrected chi connectivity index (χ4v) is 0. The van der Waals surface area contributed by atoms with E-state index in [1.165, 1.54) is 0 Å². The third-order valence-corrected chi connectivity index (χ3v) is 0. The molecular weight excluding hydrogens is 152 g/mol. The summed E-state index contributed by atoms with van der Waals surface area (Å²) in [6.07, 6.45) is 0. The van der Waals surface area contributed by atoms with Gasteiger partial charge in [0.1, 0.15) is 0 Å². The van der Waals surface area contributed by atoms with Gasteiger partial charge in [-0.25, -0.2) is 0 Å². The van der Waals surface area contributed by atoms with E-state index in [4.69, 9.17) is 19.8 Å². The smallest absolute Gasteiger partial charge is 1.00 e. The molecule has 0 atom stereocenters. The van der Waals surface area contributed by atoms with Crippen LogP contribution in [0.1, 0.15) is 16.7 Å². The standard InChI is InChI=1S/2C2H4O2.Ca.2H/c2*1-2(3)4;;;/h2*1H3,(H,3,4);;;/q;;+2;2*-1. The zero-order chi connectivity index (χ0) is 7.15. The van der Waals surface area contributed by atoms with Crippen LogP contribution in [0, 0.1) is 0 Å². The zero-order valence-corrected chi connectivity index (χ0v) is 7.63. The maximum absolute atomic E-state index is 9.00. The molecule has 0 rings (SSSR count). The molecule has 4 nitrogen and oxygen atoms in total. The summed E-state index contributed by atoms with van der Waals surface area (Å²) in [4.78, 5) is 18.0. The molecule has 0 amide bonds. The Bertz CT molecular complexity index is 78.1. The van der Waals surface area contributed by atoms with E-state index in [0.29, 0.717) is 0 Å². The summed E-state index contributed by atoms with van der Waals surface area (Å²) >= 11 is 0. The molecule has 0 saturated carbocycles. The first-order valence-electron chi connectivity index (χ1n) is 1.86. The van der Waals surface area contributed by atoms with Crippen molar-refractivity contribution in [1.82, 2.24) is 0 Å². The number of hydrogen-bond donors (Lipinski definition) is 2. The van der Waals surface area contributed by atoms with Crippen molar-refractivity contribution in [3.05, 3.63) is 0 Å². The average molecular weight is 162 g/mol. The maximum Gasteiger partial charge on any atom is 2.00 e. The van der Waals surface area contributed by atoms with Gasteiger partial charge in [-0.2, -0.15) is 0 Å². The number of carbonyl (C=O) groups is 2. The predicted molar refractivity (Wildman–Crippen MR) is 34.6 cm³/mol. The van der Waals surface area contributed by atoms with Crippen molar-refractivity contribution in [2.24, 2.45) is 0 Å². The summed E-state index contributed by atoms with van der Waals surface area (Å²) in [7, 11) is 0. The first-order chi connectivity index (χ1) is 3.46. The van der Waals surface area contributed by atoms with E-state index in [2.05, 4.69) is 0 Å². The Hall–Kier alpha value is 0.200. The van der Waals surface area contributed by atoms with Crippen molar-refractivity contribution >= 4 is 49.7 Å². The van der Waals surface area contributed by atoms with Gasteiger partial charge in [0.2, 0.25) is 0 Å². The zero-order valence-electron chi connectivity index (χ0n) is 7.42. The summed E-state index contributed by atoms with van der Waals surface area (Å²) < 4.78 is 0. The van der Waals surface area contributed by atoms with Crippen LogP contribution < -0.4 is 0 Å². The molecule has 0 fully saturated rings. The van der Waals surface area contributed by atoms with Crippen molar-refractivity contribution in [1.29, 1.82) is 0 Å². The van der Waals surface area contributed by atoms with E-state index >= 15 is 0 Å². The van der Waals surface area contributed by atoms with Crippen LogP contribution in [-0.2, 0) is 9.59 Å². The van der Waals surface area contributed by atoms with Crippen molar-refractivity contribution in [3.8, 4) is 0 Å². The largest absolute Gasteiger partial charge is 2.00 e. The molecule has 0 aliphatic heterocycles. The summed E-state index contributed by atoms with van der Waals surface area (Å²) in [5.41, 5.74) is 0. The van der Waals surface area contributed by atoms with Gasteiger partial charge >= 0.3 is 37.7 Å². The van der Waals surface area contributed by atoms with Gasteiger partial charge in [-0.3, -0.25) is 9.59 Å².